The minimum atomic E-state index is -3.62. The molecular weight excluding hydrogens is 462 g/mol. The Labute approximate surface area is 206 Å². The maximum atomic E-state index is 13.5. The predicted octanol–water partition coefficient (Wildman–Crippen LogP) is 3.12. The van der Waals surface area contributed by atoms with E-state index in [1.165, 1.54) is 5.56 Å². The van der Waals surface area contributed by atoms with E-state index in [1.54, 1.807) is 16.4 Å². The molecule has 35 heavy (non-hydrogen) atoms. The molecule has 0 aromatic heterocycles. The lowest BCUT2D eigenvalue weighted by atomic mass is 9.98. The zero-order valence-corrected chi connectivity index (χ0v) is 20.5. The molecule has 2 aliphatic heterocycles. The Balaban J connectivity index is 1.29. The van der Waals surface area contributed by atoms with Gasteiger partial charge in [-0.1, -0.05) is 66.7 Å². The highest BCUT2D eigenvalue weighted by Gasteiger charge is 2.40. The molecule has 0 saturated carbocycles. The lowest BCUT2D eigenvalue weighted by Crippen LogP contribution is -2.54. The number of carboxylic acids is 1. The van der Waals surface area contributed by atoms with E-state index in [2.05, 4.69) is 21.9 Å². The number of benzene rings is 3. The molecule has 0 amide bonds. The molecule has 2 atom stereocenters. The summed E-state index contributed by atoms with van der Waals surface area (Å²) >= 11 is 0. The lowest BCUT2D eigenvalue weighted by Gasteiger charge is -2.39. The second kappa shape index (κ2) is 10.1. The normalized spacial score (nSPS) is 22.5. The fourth-order valence-corrected chi connectivity index (χ4v) is 7.22. The van der Waals surface area contributed by atoms with E-state index < -0.39 is 16.0 Å². The number of rotatable bonds is 7. The highest BCUT2D eigenvalue weighted by atomic mass is 32.2. The molecule has 2 fully saturated rings. The zero-order chi connectivity index (χ0) is 24.4. The van der Waals surface area contributed by atoms with Crippen molar-refractivity contribution in [2.75, 3.05) is 39.3 Å². The molecule has 2 aliphatic rings. The number of fused-ring (bicyclic) bond motifs is 1. The van der Waals surface area contributed by atoms with Crippen LogP contribution >= 0.6 is 0 Å². The van der Waals surface area contributed by atoms with Gasteiger partial charge >= 0.3 is 5.97 Å². The number of hydrogen-bond donors (Lipinski definition) is 1. The molecule has 3 aromatic rings. The molecule has 184 valence electrons. The first-order valence-corrected chi connectivity index (χ1v) is 13.6. The van der Waals surface area contributed by atoms with Crippen LogP contribution in [0.1, 0.15) is 12.0 Å². The van der Waals surface area contributed by atoms with Crippen LogP contribution in [0.25, 0.3) is 10.8 Å². The van der Waals surface area contributed by atoms with Gasteiger partial charge in [-0.2, -0.15) is 4.31 Å². The molecule has 2 heterocycles. The zero-order valence-electron chi connectivity index (χ0n) is 19.7. The Morgan fingerprint density at radius 3 is 2.29 bits per heavy atom. The number of nitrogens with zero attached hydrogens (tertiary/aromatic N) is 3. The smallest absolute Gasteiger partial charge is 0.303 e. The fraction of sp³-hybridized carbons (Fsp3) is 0.370. The summed E-state index contributed by atoms with van der Waals surface area (Å²) < 4.78 is 28.6. The first-order valence-electron chi connectivity index (χ1n) is 12.1. The van der Waals surface area contributed by atoms with Crippen molar-refractivity contribution >= 4 is 26.8 Å². The number of piperazine rings is 1. The third kappa shape index (κ3) is 5.11. The first kappa shape index (κ1) is 23.9. The first-order chi connectivity index (χ1) is 16.9. The highest BCUT2D eigenvalue weighted by Crippen LogP contribution is 2.30. The number of aliphatic carboxylic acids is 1. The monoisotopic (exact) mass is 493 g/mol. The largest absolute Gasteiger partial charge is 0.481 e. The minimum Gasteiger partial charge on any atom is -0.481 e. The van der Waals surface area contributed by atoms with Gasteiger partial charge in [-0.25, -0.2) is 8.42 Å². The number of carbonyl (C=O) groups is 1. The van der Waals surface area contributed by atoms with Gasteiger partial charge in [0, 0.05) is 57.2 Å². The molecule has 8 heteroatoms. The van der Waals surface area contributed by atoms with Gasteiger partial charge < -0.3 is 5.11 Å². The average molecular weight is 494 g/mol. The van der Waals surface area contributed by atoms with E-state index in [0.717, 1.165) is 30.4 Å². The maximum Gasteiger partial charge on any atom is 0.303 e. The summed E-state index contributed by atoms with van der Waals surface area (Å²) in [5.41, 5.74) is 1.22. The summed E-state index contributed by atoms with van der Waals surface area (Å²) in [5, 5.41) is 11.2. The Bertz CT molecular complexity index is 1280. The van der Waals surface area contributed by atoms with E-state index in [1.807, 2.05) is 48.5 Å². The van der Waals surface area contributed by atoms with Crippen molar-refractivity contribution < 1.29 is 18.3 Å². The highest BCUT2D eigenvalue weighted by molar-refractivity contribution is 7.89. The van der Waals surface area contributed by atoms with Crippen LogP contribution in [0.3, 0.4) is 0 Å². The lowest BCUT2D eigenvalue weighted by molar-refractivity contribution is -0.138. The van der Waals surface area contributed by atoms with Crippen molar-refractivity contribution in [1.82, 2.24) is 14.1 Å². The molecule has 0 spiro atoms. The number of hydrogen-bond acceptors (Lipinski definition) is 5. The molecule has 2 saturated heterocycles. The Kier molecular flexibility index (Phi) is 6.88. The van der Waals surface area contributed by atoms with Gasteiger partial charge in [0.05, 0.1) is 11.3 Å². The van der Waals surface area contributed by atoms with Gasteiger partial charge in [-0.3, -0.25) is 14.6 Å². The van der Waals surface area contributed by atoms with Gasteiger partial charge in [0.2, 0.25) is 10.0 Å². The summed E-state index contributed by atoms with van der Waals surface area (Å²) in [6.45, 7) is 4.33. The van der Waals surface area contributed by atoms with Crippen LogP contribution in [0.2, 0.25) is 0 Å². The van der Waals surface area contributed by atoms with Crippen LogP contribution in [-0.4, -0.2) is 78.9 Å². The van der Waals surface area contributed by atoms with Gasteiger partial charge in [0.15, 0.2) is 0 Å². The Morgan fingerprint density at radius 2 is 1.54 bits per heavy atom. The summed E-state index contributed by atoms with van der Waals surface area (Å²) in [4.78, 5) is 16.5. The van der Waals surface area contributed by atoms with Gasteiger partial charge in [-0.15, -0.1) is 0 Å². The molecule has 0 bridgehead atoms. The molecule has 1 N–H and O–H groups in total. The number of carboxylic acid groups (broad SMARTS) is 1. The molecule has 0 aliphatic carbocycles. The minimum absolute atomic E-state index is 0.0254. The van der Waals surface area contributed by atoms with Crippen LogP contribution < -0.4 is 0 Å². The quantitative estimate of drug-likeness (QED) is 0.545. The van der Waals surface area contributed by atoms with Crippen molar-refractivity contribution in [1.29, 1.82) is 0 Å². The third-order valence-electron chi connectivity index (χ3n) is 7.28. The van der Waals surface area contributed by atoms with Crippen molar-refractivity contribution in [2.45, 2.75) is 23.9 Å². The second-order valence-corrected chi connectivity index (χ2v) is 11.4. The molecule has 0 unspecified atom stereocenters. The van der Waals surface area contributed by atoms with Crippen molar-refractivity contribution in [3.8, 4) is 0 Å². The van der Waals surface area contributed by atoms with Crippen molar-refractivity contribution in [2.24, 2.45) is 5.92 Å². The van der Waals surface area contributed by atoms with Crippen LogP contribution in [-0.2, 0) is 21.4 Å². The molecule has 0 radical (unpaired) electrons. The SMILES string of the molecule is O=C(O)C[C@@H]1CN(Cc2ccccc2)C[C@@H]1N1CCN(S(=O)(=O)c2cccc3ccccc23)CC1. The van der Waals surface area contributed by atoms with Gasteiger partial charge in [0.25, 0.3) is 0 Å². The Morgan fingerprint density at radius 1 is 0.857 bits per heavy atom. The van der Waals surface area contributed by atoms with E-state index in [0.29, 0.717) is 31.1 Å². The van der Waals surface area contributed by atoms with Crippen molar-refractivity contribution in [3.05, 3.63) is 78.4 Å². The van der Waals surface area contributed by atoms with Crippen molar-refractivity contribution in [3.63, 3.8) is 0 Å². The summed E-state index contributed by atoms with van der Waals surface area (Å²) in [7, 11) is -3.62. The van der Waals surface area contributed by atoms with Crippen LogP contribution in [0.15, 0.2) is 77.7 Å². The van der Waals surface area contributed by atoms with Gasteiger partial charge in [0.1, 0.15) is 0 Å². The summed E-state index contributed by atoms with van der Waals surface area (Å²) in [5.74, 6) is -0.754. The molecule has 5 rings (SSSR count). The van der Waals surface area contributed by atoms with Gasteiger partial charge in [-0.05, 0) is 22.9 Å². The van der Waals surface area contributed by atoms with Crippen LogP contribution in [0, 0.1) is 5.92 Å². The topological polar surface area (TPSA) is 81.2 Å². The third-order valence-corrected chi connectivity index (χ3v) is 9.23. The molecule has 7 nitrogen and oxygen atoms in total. The number of likely N-dealkylation sites (tertiary alicyclic amines) is 1. The molecule has 3 aromatic carbocycles. The molecular formula is C27H31N3O4S. The Hall–Kier alpha value is -2.78. The average Bonchev–Trinajstić information content (AvgIpc) is 3.25. The van der Waals surface area contributed by atoms with E-state index in [-0.39, 0.29) is 18.4 Å². The van der Waals surface area contributed by atoms with E-state index in [4.69, 9.17) is 0 Å². The fourth-order valence-electron chi connectivity index (χ4n) is 5.59. The maximum absolute atomic E-state index is 13.5. The number of sulfonamides is 1. The predicted molar refractivity (Wildman–Crippen MR) is 136 cm³/mol. The van der Waals surface area contributed by atoms with E-state index >= 15 is 0 Å². The second-order valence-electron chi connectivity index (χ2n) is 9.52. The summed E-state index contributed by atoms with van der Waals surface area (Å²) in [6, 6.07) is 23.3. The van der Waals surface area contributed by atoms with Crippen LogP contribution in [0.5, 0.6) is 0 Å². The standard InChI is InChI=1S/C27H31N3O4S/c31-27(32)17-23-19-28(18-21-7-2-1-3-8-21)20-25(23)29-13-15-30(16-14-29)35(33,34)26-12-6-10-22-9-4-5-11-24(22)26/h1-12,23,25H,13-20H2,(H,31,32)/t23-,25+/m1/s1. The summed E-state index contributed by atoms with van der Waals surface area (Å²) in [6.07, 6.45) is 0.129. The van der Waals surface area contributed by atoms with Crippen LogP contribution in [0.4, 0.5) is 0 Å². The van der Waals surface area contributed by atoms with E-state index in [9.17, 15) is 18.3 Å².